The van der Waals surface area contributed by atoms with Crippen LogP contribution in [0.15, 0.2) is 59.6 Å². The summed E-state index contributed by atoms with van der Waals surface area (Å²) in [5, 5.41) is 0.125. The molecule has 3 nitrogen and oxygen atoms in total. The Bertz CT molecular complexity index is 686. The van der Waals surface area contributed by atoms with Crippen molar-refractivity contribution in [2.24, 2.45) is 0 Å². The molecule has 0 saturated carbocycles. The van der Waals surface area contributed by atoms with Gasteiger partial charge in [0.25, 0.3) is 0 Å². The zero-order chi connectivity index (χ0) is 16.7. The second-order valence-corrected chi connectivity index (χ2v) is 6.25. The van der Waals surface area contributed by atoms with E-state index in [4.69, 9.17) is 4.74 Å². The fourth-order valence-corrected chi connectivity index (χ4v) is 2.85. The number of pyridine rings is 1. The molecule has 1 atom stereocenters. The van der Waals surface area contributed by atoms with Crippen molar-refractivity contribution in [2.75, 3.05) is 6.61 Å². The Kier molecular flexibility index (Phi) is 6.35. The molecule has 2 rings (SSSR count). The molecule has 23 heavy (non-hydrogen) atoms. The monoisotopic (exact) mass is 331 g/mol. The molecule has 0 spiro atoms. The van der Waals surface area contributed by atoms with E-state index in [2.05, 4.69) is 4.98 Å². The average molecular weight is 331 g/mol. The van der Waals surface area contributed by atoms with Gasteiger partial charge in [0.2, 0.25) is 5.95 Å². The van der Waals surface area contributed by atoms with Gasteiger partial charge in [-0.05, 0) is 43.7 Å². The Morgan fingerprint density at radius 1 is 1.35 bits per heavy atom. The smallest absolute Gasteiger partial charge is 0.330 e. The molecule has 1 heterocycles. The molecular formula is C18H18FNO2S. The van der Waals surface area contributed by atoms with Gasteiger partial charge < -0.3 is 4.74 Å². The Morgan fingerprint density at radius 3 is 2.74 bits per heavy atom. The van der Waals surface area contributed by atoms with E-state index in [0.717, 1.165) is 10.5 Å². The van der Waals surface area contributed by atoms with Crippen LogP contribution in [0.4, 0.5) is 4.39 Å². The summed E-state index contributed by atoms with van der Waals surface area (Å²) >= 11 is 1.61. The zero-order valence-corrected chi connectivity index (χ0v) is 13.8. The summed E-state index contributed by atoms with van der Waals surface area (Å²) in [7, 11) is 0. The Balaban J connectivity index is 2.00. The van der Waals surface area contributed by atoms with E-state index in [0.29, 0.717) is 12.2 Å². The first-order chi connectivity index (χ1) is 11.1. The maximum atomic E-state index is 13.7. The normalized spacial score (nSPS) is 12.3. The van der Waals surface area contributed by atoms with Gasteiger partial charge in [0, 0.05) is 28.0 Å². The number of esters is 1. The van der Waals surface area contributed by atoms with Gasteiger partial charge in [-0.15, -0.1) is 11.8 Å². The number of thioether (sulfide) groups is 1. The van der Waals surface area contributed by atoms with E-state index < -0.39 is 5.95 Å². The molecule has 0 radical (unpaired) electrons. The second kappa shape index (κ2) is 8.48. The molecule has 1 aromatic heterocycles. The number of carbonyl (C=O) groups excluding carboxylic acids is 1. The van der Waals surface area contributed by atoms with Gasteiger partial charge in [0.05, 0.1) is 6.61 Å². The summed E-state index contributed by atoms with van der Waals surface area (Å²) in [5.41, 5.74) is 1.27. The molecule has 0 bridgehead atoms. The van der Waals surface area contributed by atoms with Crippen molar-refractivity contribution in [1.29, 1.82) is 0 Å². The first kappa shape index (κ1) is 17.2. The van der Waals surface area contributed by atoms with Crippen LogP contribution in [0.5, 0.6) is 0 Å². The summed E-state index contributed by atoms with van der Waals surface area (Å²) in [5.74, 6) is -0.805. The number of hydrogen-bond donors (Lipinski definition) is 0. The van der Waals surface area contributed by atoms with Crippen LogP contribution in [0.3, 0.4) is 0 Å². The molecule has 0 amide bonds. The highest BCUT2D eigenvalue weighted by molar-refractivity contribution is 8.00. The van der Waals surface area contributed by atoms with Crippen molar-refractivity contribution < 1.29 is 13.9 Å². The van der Waals surface area contributed by atoms with Crippen molar-refractivity contribution in [3.8, 4) is 11.1 Å². The molecule has 0 aliphatic heterocycles. The molecule has 1 unspecified atom stereocenters. The van der Waals surface area contributed by atoms with E-state index in [1.807, 2.05) is 31.2 Å². The average Bonchev–Trinajstić information content (AvgIpc) is 2.55. The molecular weight excluding hydrogens is 313 g/mol. The van der Waals surface area contributed by atoms with Crippen LogP contribution in [0, 0.1) is 5.95 Å². The van der Waals surface area contributed by atoms with Gasteiger partial charge >= 0.3 is 5.97 Å². The minimum Gasteiger partial charge on any atom is -0.463 e. The zero-order valence-electron chi connectivity index (χ0n) is 13.0. The van der Waals surface area contributed by atoms with Crippen molar-refractivity contribution in [2.45, 2.75) is 24.0 Å². The number of rotatable bonds is 6. The maximum absolute atomic E-state index is 13.7. The first-order valence-electron chi connectivity index (χ1n) is 7.32. The van der Waals surface area contributed by atoms with Crippen LogP contribution in [-0.4, -0.2) is 22.8 Å². The minimum absolute atomic E-state index is 0.125. The van der Waals surface area contributed by atoms with Crippen molar-refractivity contribution in [1.82, 2.24) is 4.98 Å². The Morgan fingerprint density at radius 2 is 2.09 bits per heavy atom. The lowest BCUT2D eigenvalue weighted by molar-refractivity contribution is -0.137. The highest BCUT2D eigenvalue weighted by Crippen LogP contribution is 2.28. The van der Waals surface area contributed by atoms with Crippen LogP contribution in [-0.2, 0) is 9.53 Å². The number of ether oxygens (including phenoxy) is 1. The highest BCUT2D eigenvalue weighted by Gasteiger charge is 2.06. The second-order valence-electron chi connectivity index (χ2n) is 4.80. The van der Waals surface area contributed by atoms with E-state index >= 15 is 0 Å². The minimum atomic E-state index is -0.473. The molecule has 0 aliphatic rings. The van der Waals surface area contributed by atoms with Crippen LogP contribution in [0.1, 0.15) is 13.8 Å². The lowest BCUT2D eigenvalue weighted by Gasteiger charge is -2.08. The number of halogens is 1. The van der Waals surface area contributed by atoms with Crippen molar-refractivity contribution in [3.63, 3.8) is 0 Å². The maximum Gasteiger partial charge on any atom is 0.330 e. The third-order valence-corrected chi connectivity index (χ3v) is 4.11. The Hall–Kier alpha value is -2.14. The number of carbonyl (C=O) groups is 1. The largest absolute Gasteiger partial charge is 0.463 e. The van der Waals surface area contributed by atoms with Gasteiger partial charge in [-0.25, -0.2) is 9.78 Å². The summed E-state index contributed by atoms with van der Waals surface area (Å²) in [6.07, 6.45) is 4.68. The van der Waals surface area contributed by atoms with Gasteiger partial charge in [0.1, 0.15) is 0 Å². The van der Waals surface area contributed by atoms with E-state index in [1.54, 1.807) is 36.9 Å². The molecule has 120 valence electrons. The number of benzene rings is 1. The number of aromatic nitrogens is 1. The SMILES string of the molecule is CCOC(=O)C=CC(C)Sc1ccc(-c2cccnc2F)cc1. The first-order valence-corrected chi connectivity index (χ1v) is 8.20. The molecule has 0 aliphatic carbocycles. The lowest BCUT2D eigenvalue weighted by atomic mass is 10.1. The fraction of sp³-hybridized carbons (Fsp3) is 0.222. The molecule has 0 saturated heterocycles. The number of nitrogens with zero attached hydrogens (tertiary/aromatic N) is 1. The van der Waals surface area contributed by atoms with Gasteiger partial charge in [0.15, 0.2) is 0 Å². The van der Waals surface area contributed by atoms with Crippen molar-refractivity contribution in [3.05, 3.63) is 60.7 Å². The van der Waals surface area contributed by atoms with Gasteiger partial charge in [-0.2, -0.15) is 4.39 Å². The molecule has 2 aromatic rings. The van der Waals surface area contributed by atoms with E-state index in [-0.39, 0.29) is 11.2 Å². The highest BCUT2D eigenvalue weighted by atomic mass is 32.2. The predicted octanol–water partition coefficient (Wildman–Crippen LogP) is 4.49. The quantitative estimate of drug-likeness (QED) is 0.338. The lowest BCUT2D eigenvalue weighted by Crippen LogP contribution is -2.00. The molecule has 1 aromatic carbocycles. The van der Waals surface area contributed by atoms with Crippen molar-refractivity contribution >= 4 is 17.7 Å². The van der Waals surface area contributed by atoms with Gasteiger partial charge in [-0.3, -0.25) is 0 Å². The van der Waals surface area contributed by atoms with Crippen LogP contribution in [0.25, 0.3) is 11.1 Å². The standard InChI is InChI=1S/C18H18FNO2S/c1-3-22-17(21)11-6-13(2)23-15-9-7-14(8-10-15)16-5-4-12-20-18(16)19/h4-13H,3H2,1-2H3. The van der Waals surface area contributed by atoms with Crippen LogP contribution in [0.2, 0.25) is 0 Å². The summed E-state index contributed by atoms with van der Waals surface area (Å²) < 4.78 is 18.5. The molecule has 5 heteroatoms. The summed E-state index contributed by atoms with van der Waals surface area (Å²) in [6.45, 7) is 4.14. The summed E-state index contributed by atoms with van der Waals surface area (Å²) in [6, 6.07) is 11.0. The van der Waals surface area contributed by atoms with Gasteiger partial charge in [-0.1, -0.05) is 18.2 Å². The van der Waals surface area contributed by atoms with Crippen LogP contribution < -0.4 is 0 Å². The fourth-order valence-electron chi connectivity index (χ4n) is 1.97. The Labute approximate surface area is 139 Å². The third kappa shape index (κ3) is 5.21. The molecule has 0 N–H and O–H groups in total. The van der Waals surface area contributed by atoms with Crippen LogP contribution >= 0.6 is 11.8 Å². The summed E-state index contributed by atoms with van der Waals surface area (Å²) in [4.78, 5) is 16.0. The number of hydrogen-bond acceptors (Lipinski definition) is 4. The topological polar surface area (TPSA) is 39.2 Å². The third-order valence-electron chi connectivity index (χ3n) is 3.04. The van der Waals surface area contributed by atoms with E-state index in [9.17, 15) is 9.18 Å². The predicted molar refractivity (Wildman–Crippen MR) is 90.7 cm³/mol. The molecule has 0 fully saturated rings. The van der Waals surface area contributed by atoms with E-state index in [1.165, 1.54) is 12.3 Å².